The van der Waals surface area contributed by atoms with Crippen molar-refractivity contribution >= 4 is 11.9 Å². The van der Waals surface area contributed by atoms with E-state index in [1.54, 1.807) is 32.9 Å². The van der Waals surface area contributed by atoms with Gasteiger partial charge in [0.2, 0.25) is 0 Å². The van der Waals surface area contributed by atoms with Crippen LogP contribution in [0.3, 0.4) is 0 Å². The van der Waals surface area contributed by atoms with Gasteiger partial charge < -0.3 is 10.4 Å². The van der Waals surface area contributed by atoms with Crippen LogP contribution in [0.15, 0.2) is 24.3 Å². The number of carbonyl (C=O) groups excluding carboxylic acids is 1. The minimum atomic E-state index is -1.08. The number of aliphatic carboxylic acids is 1. The Kier molecular flexibility index (Phi) is 4.78. The molecule has 0 spiro atoms. The zero-order valence-electron chi connectivity index (χ0n) is 13.1. The van der Waals surface area contributed by atoms with Crippen LogP contribution in [-0.4, -0.2) is 32.8 Å². The van der Waals surface area contributed by atoms with Crippen LogP contribution in [0, 0.1) is 19.7 Å². The molecule has 0 radical (unpaired) electrons. The highest BCUT2D eigenvalue weighted by molar-refractivity contribution is 5.98. The normalized spacial score (nSPS) is 12.0. The van der Waals surface area contributed by atoms with Gasteiger partial charge in [-0.05, 0) is 44.5 Å². The molecule has 1 atom stereocenters. The summed E-state index contributed by atoms with van der Waals surface area (Å²) in [6, 6.07) is 4.78. The Morgan fingerprint density at radius 2 is 1.91 bits per heavy atom. The van der Waals surface area contributed by atoms with Crippen LogP contribution in [0.5, 0.6) is 0 Å². The molecule has 1 unspecified atom stereocenters. The second kappa shape index (κ2) is 6.60. The summed E-state index contributed by atoms with van der Waals surface area (Å²) in [5.41, 5.74) is 1.99. The number of carboxylic acids is 1. The lowest BCUT2D eigenvalue weighted by Crippen LogP contribution is -2.40. The minimum Gasteiger partial charge on any atom is -0.480 e. The molecule has 1 heterocycles. The van der Waals surface area contributed by atoms with Crippen molar-refractivity contribution in [1.82, 2.24) is 15.1 Å². The van der Waals surface area contributed by atoms with Crippen molar-refractivity contribution < 1.29 is 19.1 Å². The molecule has 2 N–H and O–H groups in total. The van der Waals surface area contributed by atoms with Crippen LogP contribution < -0.4 is 5.32 Å². The van der Waals surface area contributed by atoms with Gasteiger partial charge in [0.05, 0.1) is 22.6 Å². The molecule has 2 rings (SSSR count). The maximum atomic E-state index is 13.0. The molecule has 7 heteroatoms. The van der Waals surface area contributed by atoms with Crippen molar-refractivity contribution in [3.8, 4) is 5.69 Å². The molecule has 1 aromatic heterocycles. The summed E-state index contributed by atoms with van der Waals surface area (Å²) < 4.78 is 14.6. The van der Waals surface area contributed by atoms with Crippen LogP contribution >= 0.6 is 0 Å². The largest absolute Gasteiger partial charge is 0.480 e. The van der Waals surface area contributed by atoms with Gasteiger partial charge in [0, 0.05) is 0 Å². The Hall–Kier alpha value is -2.70. The fourth-order valence-electron chi connectivity index (χ4n) is 2.37. The molecule has 23 heavy (non-hydrogen) atoms. The fourth-order valence-corrected chi connectivity index (χ4v) is 2.37. The second-order valence-corrected chi connectivity index (χ2v) is 5.21. The molecule has 6 nitrogen and oxygen atoms in total. The molecular weight excluding hydrogens is 301 g/mol. The highest BCUT2D eigenvalue weighted by Crippen LogP contribution is 2.18. The topological polar surface area (TPSA) is 84.2 Å². The third-order valence-corrected chi connectivity index (χ3v) is 3.60. The lowest BCUT2D eigenvalue weighted by atomic mass is 10.1. The number of hydrogen-bond acceptors (Lipinski definition) is 3. The Labute approximate surface area is 132 Å². The smallest absolute Gasteiger partial charge is 0.326 e. The first kappa shape index (κ1) is 16.7. The zero-order valence-corrected chi connectivity index (χ0v) is 13.1. The summed E-state index contributed by atoms with van der Waals surface area (Å²) in [6.45, 7) is 5.06. The lowest BCUT2D eigenvalue weighted by molar-refractivity contribution is -0.139. The van der Waals surface area contributed by atoms with E-state index >= 15 is 0 Å². The van der Waals surface area contributed by atoms with Crippen LogP contribution in [-0.2, 0) is 4.79 Å². The number of benzene rings is 1. The number of rotatable bonds is 5. The van der Waals surface area contributed by atoms with Crippen LogP contribution in [0.25, 0.3) is 5.69 Å². The molecular formula is C16H18FN3O3. The molecule has 2 aromatic rings. The maximum absolute atomic E-state index is 13.0. The number of amides is 1. The summed E-state index contributed by atoms with van der Waals surface area (Å²) in [7, 11) is 0. The first-order valence-corrected chi connectivity index (χ1v) is 7.21. The van der Waals surface area contributed by atoms with Crippen LogP contribution in [0.4, 0.5) is 4.39 Å². The number of carbonyl (C=O) groups is 2. The van der Waals surface area contributed by atoms with Crippen molar-refractivity contribution in [2.45, 2.75) is 33.2 Å². The number of aromatic nitrogens is 2. The molecule has 0 fully saturated rings. The van der Waals surface area contributed by atoms with Crippen molar-refractivity contribution in [3.63, 3.8) is 0 Å². The number of nitrogens with one attached hydrogen (secondary N) is 1. The van der Waals surface area contributed by atoms with Crippen molar-refractivity contribution in [2.75, 3.05) is 0 Å². The number of nitrogens with zero attached hydrogens (tertiary/aromatic N) is 2. The van der Waals surface area contributed by atoms with Gasteiger partial charge >= 0.3 is 5.97 Å². The van der Waals surface area contributed by atoms with Crippen molar-refractivity contribution in [3.05, 3.63) is 47.0 Å². The first-order chi connectivity index (χ1) is 10.8. The van der Waals surface area contributed by atoms with Crippen LogP contribution in [0.1, 0.15) is 35.1 Å². The summed E-state index contributed by atoms with van der Waals surface area (Å²) >= 11 is 0. The van der Waals surface area contributed by atoms with Gasteiger partial charge in [0.1, 0.15) is 11.9 Å². The van der Waals surface area contributed by atoms with E-state index in [0.717, 1.165) is 0 Å². The van der Waals surface area contributed by atoms with Crippen molar-refractivity contribution in [2.24, 2.45) is 0 Å². The van der Waals surface area contributed by atoms with E-state index in [0.29, 0.717) is 22.6 Å². The summed E-state index contributed by atoms with van der Waals surface area (Å²) in [4.78, 5) is 23.4. The predicted molar refractivity (Wildman–Crippen MR) is 82.2 cm³/mol. The third-order valence-electron chi connectivity index (χ3n) is 3.60. The van der Waals surface area contributed by atoms with E-state index in [-0.39, 0.29) is 12.2 Å². The quantitative estimate of drug-likeness (QED) is 0.885. The van der Waals surface area contributed by atoms with Gasteiger partial charge in [-0.15, -0.1) is 0 Å². The molecule has 0 bridgehead atoms. The average molecular weight is 319 g/mol. The molecule has 122 valence electrons. The van der Waals surface area contributed by atoms with Crippen molar-refractivity contribution in [1.29, 1.82) is 0 Å². The zero-order chi connectivity index (χ0) is 17.1. The predicted octanol–water partition coefficient (Wildman–Crippen LogP) is 2.22. The van der Waals surface area contributed by atoms with E-state index < -0.39 is 17.9 Å². The Balaban J connectivity index is 2.35. The molecule has 1 amide bonds. The maximum Gasteiger partial charge on any atom is 0.326 e. The molecule has 0 aliphatic rings. The average Bonchev–Trinajstić information content (AvgIpc) is 2.80. The lowest BCUT2D eigenvalue weighted by Gasteiger charge is -2.12. The van der Waals surface area contributed by atoms with Crippen LogP contribution in [0.2, 0.25) is 0 Å². The highest BCUT2D eigenvalue weighted by Gasteiger charge is 2.24. The Morgan fingerprint density at radius 1 is 1.30 bits per heavy atom. The number of halogens is 1. The highest BCUT2D eigenvalue weighted by atomic mass is 19.1. The molecule has 0 saturated carbocycles. The second-order valence-electron chi connectivity index (χ2n) is 5.21. The van der Waals surface area contributed by atoms with E-state index in [1.807, 2.05) is 0 Å². The number of carboxylic acid groups (broad SMARTS) is 1. The number of aryl methyl sites for hydroxylation is 1. The van der Waals surface area contributed by atoms with Gasteiger partial charge in [-0.1, -0.05) is 6.92 Å². The van der Waals surface area contributed by atoms with Gasteiger partial charge in [-0.25, -0.2) is 13.9 Å². The Bertz CT molecular complexity index is 738. The SMILES string of the molecule is CCC(NC(=O)c1c(C)nn(-c2ccc(F)cc2)c1C)C(=O)O. The fraction of sp³-hybridized carbons (Fsp3) is 0.312. The van der Waals surface area contributed by atoms with Gasteiger partial charge in [-0.2, -0.15) is 5.10 Å². The molecule has 0 aliphatic heterocycles. The van der Waals surface area contributed by atoms with E-state index in [2.05, 4.69) is 10.4 Å². The standard InChI is InChI=1S/C16H18FN3O3/c1-4-13(16(22)23)18-15(21)14-9(2)19-20(10(14)3)12-7-5-11(17)6-8-12/h5-8,13H,4H2,1-3H3,(H,18,21)(H,22,23). The number of hydrogen-bond donors (Lipinski definition) is 2. The van der Waals surface area contributed by atoms with E-state index in [1.165, 1.54) is 16.8 Å². The Morgan fingerprint density at radius 3 is 2.43 bits per heavy atom. The summed E-state index contributed by atoms with van der Waals surface area (Å²) in [5, 5.41) is 15.8. The van der Waals surface area contributed by atoms with E-state index in [4.69, 9.17) is 5.11 Å². The molecule has 1 aromatic carbocycles. The third kappa shape index (κ3) is 3.39. The summed E-state index contributed by atoms with van der Waals surface area (Å²) in [6.07, 6.45) is 0.283. The van der Waals surface area contributed by atoms with Gasteiger partial charge in [0.25, 0.3) is 5.91 Å². The molecule has 0 saturated heterocycles. The minimum absolute atomic E-state index is 0.283. The monoisotopic (exact) mass is 319 g/mol. The van der Waals surface area contributed by atoms with Gasteiger partial charge in [0.15, 0.2) is 0 Å². The summed E-state index contributed by atoms with van der Waals surface area (Å²) in [5.74, 6) is -1.93. The first-order valence-electron chi connectivity index (χ1n) is 7.21. The van der Waals surface area contributed by atoms with E-state index in [9.17, 15) is 14.0 Å². The molecule has 0 aliphatic carbocycles. The van der Waals surface area contributed by atoms with Gasteiger partial charge in [-0.3, -0.25) is 4.79 Å².